The Bertz CT molecular complexity index is 2820. The number of amides is 7. The van der Waals surface area contributed by atoms with Gasteiger partial charge in [0.25, 0.3) is 23.4 Å². The minimum atomic E-state index is -0.845. The first-order valence-electron chi connectivity index (χ1n) is 24.8. The summed E-state index contributed by atoms with van der Waals surface area (Å²) < 4.78 is 35.9. The molecule has 0 spiro atoms. The van der Waals surface area contributed by atoms with E-state index in [0.29, 0.717) is 79.7 Å². The van der Waals surface area contributed by atoms with Gasteiger partial charge in [-0.3, -0.25) is 33.6 Å². The SMILES string of the molecule is COc1ccc(NC(=O)c2cn3ncccc3n2)cc1C(=O)NCCOCCOCC(=O)NCCCCC(NC(=O)COCCOCCNC(=O)c1cc(NC(=O)C2=NC3=CC=C[N+]3=C2)ccc1OC)C(=O)NCCCN. The van der Waals surface area contributed by atoms with E-state index in [1.54, 1.807) is 65.7 Å². The number of carbonyl (C=O) groups is 7. The summed E-state index contributed by atoms with van der Waals surface area (Å²) in [6.07, 6.45) is 12.0. The third-order valence-electron chi connectivity index (χ3n) is 11.2. The summed E-state index contributed by atoms with van der Waals surface area (Å²) in [6.45, 7) is 1.62. The molecule has 1 atom stereocenters. The first kappa shape index (κ1) is 57.8. The van der Waals surface area contributed by atoms with E-state index in [1.807, 2.05) is 6.08 Å². The molecule has 77 heavy (non-hydrogen) atoms. The standard InChI is InChI=1S/C51H63N13O13/c1-72-41-13-11-34(58-50(70)39-30-63-21-6-10-43(63)60-39)28-36(41)47(67)56-20-23-75-25-27-77-33-46(66)62-38(49(69)54-17-7-15-52)8-3-4-16-53-45(65)32-76-26-24-74-22-19-55-48(68)37-29-35(12-14-42(37)73-2)59-51(71)40-31-64-44(61-40)9-5-18-57-64/h5-6,9-14,18,21,28-31,38H,3-4,7-8,15-17,19-20,22-27,32-33,52H2,1-2H3,(H6-,53,54,55,56,58,59,62,65,66,67,68,69,70,71)/p+1. The van der Waals surface area contributed by atoms with Gasteiger partial charge < -0.3 is 71.4 Å². The normalized spacial score (nSPS) is 12.6. The fourth-order valence-electron chi connectivity index (χ4n) is 7.37. The van der Waals surface area contributed by atoms with Crippen LogP contribution in [0.5, 0.6) is 11.5 Å². The van der Waals surface area contributed by atoms with E-state index < -0.39 is 35.6 Å². The van der Waals surface area contributed by atoms with Crippen molar-refractivity contribution in [1.82, 2.24) is 41.2 Å². The van der Waals surface area contributed by atoms with E-state index >= 15 is 0 Å². The number of aliphatic imine (C=N–C) groups is 1. The number of hydrogen-bond acceptors (Lipinski definition) is 17. The van der Waals surface area contributed by atoms with Crippen LogP contribution < -0.4 is 52.4 Å². The highest BCUT2D eigenvalue weighted by Crippen LogP contribution is 2.25. The molecule has 1 unspecified atom stereocenters. The van der Waals surface area contributed by atoms with Crippen LogP contribution in [0.1, 0.15) is 56.9 Å². The molecule has 2 aromatic carbocycles. The van der Waals surface area contributed by atoms with Crippen LogP contribution in [0.4, 0.5) is 11.4 Å². The number of unbranched alkanes of at least 4 members (excludes halogenated alkanes) is 1. The van der Waals surface area contributed by atoms with Crippen molar-refractivity contribution >= 4 is 70.3 Å². The summed E-state index contributed by atoms with van der Waals surface area (Å²) in [4.78, 5) is 98.2. The van der Waals surface area contributed by atoms with Crippen LogP contribution in [0.3, 0.4) is 0 Å². The molecule has 9 N–H and O–H groups in total. The molecule has 0 fully saturated rings. The van der Waals surface area contributed by atoms with Gasteiger partial charge in [-0.1, -0.05) is 0 Å². The zero-order valence-corrected chi connectivity index (χ0v) is 42.8. The molecule has 2 aliphatic rings. The maximum absolute atomic E-state index is 13.0. The fraction of sp³-hybridized carbons (Fsp3) is 0.392. The maximum Gasteiger partial charge on any atom is 0.328 e. The van der Waals surface area contributed by atoms with E-state index in [4.69, 9.17) is 34.2 Å². The number of nitrogens with two attached hydrogens (primary N) is 1. The Hall–Kier alpha value is -8.43. The molecule has 0 bridgehead atoms. The van der Waals surface area contributed by atoms with Crippen LogP contribution in [0.25, 0.3) is 5.65 Å². The first-order chi connectivity index (χ1) is 37.5. The van der Waals surface area contributed by atoms with E-state index in [2.05, 4.69) is 52.3 Å². The molecule has 0 aliphatic carbocycles. The fourth-order valence-corrected chi connectivity index (χ4v) is 7.37. The molecule has 410 valence electrons. The van der Waals surface area contributed by atoms with Crippen molar-refractivity contribution in [2.24, 2.45) is 10.7 Å². The van der Waals surface area contributed by atoms with Crippen molar-refractivity contribution in [2.75, 3.05) is 110 Å². The molecule has 26 heteroatoms. The third-order valence-corrected chi connectivity index (χ3v) is 11.2. The Balaban J connectivity index is 0.784. The summed E-state index contributed by atoms with van der Waals surface area (Å²) in [5.74, 6) is -1.75. The largest absolute Gasteiger partial charge is 0.496 e. The molecular formula is C51H64N13O13+. The summed E-state index contributed by atoms with van der Waals surface area (Å²) in [5, 5.41) is 23.4. The lowest BCUT2D eigenvalue weighted by Crippen LogP contribution is -2.48. The number of carbonyl (C=O) groups excluding carboxylic acids is 7. The van der Waals surface area contributed by atoms with Gasteiger partial charge in [0, 0.05) is 49.8 Å². The van der Waals surface area contributed by atoms with E-state index in [0.717, 1.165) is 0 Å². The number of fused-ring (bicyclic) bond motifs is 2. The second-order valence-corrected chi connectivity index (χ2v) is 16.8. The predicted octanol–water partition coefficient (Wildman–Crippen LogP) is 0.306. The number of imidazole rings is 1. The summed E-state index contributed by atoms with van der Waals surface area (Å²) in [6, 6.07) is 11.9. The van der Waals surface area contributed by atoms with Gasteiger partial charge in [0.2, 0.25) is 17.7 Å². The number of allylic oxidation sites excluding steroid dienone is 2. The Morgan fingerprint density at radius 3 is 1.92 bits per heavy atom. The minimum absolute atomic E-state index is 0.0676. The number of methoxy groups -OCH3 is 2. The zero-order chi connectivity index (χ0) is 54.8. The van der Waals surface area contributed by atoms with Crippen LogP contribution >= 0.6 is 0 Å². The summed E-state index contributed by atoms with van der Waals surface area (Å²) in [7, 11) is 2.86. The highest BCUT2D eigenvalue weighted by Gasteiger charge is 2.30. The Kier molecular flexibility index (Phi) is 23.2. The number of rotatable bonds is 34. The molecule has 26 nitrogen and oxygen atoms in total. The summed E-state index contributed by atoms with van der Waals surface area (Å²) >= 11 is 0. The average Bonchev–Trinajstić information content (AvgIpc) is 4.19. The summed E-state index contributed by atoms with van der Waals surface area (Å²) in [5.41, 5.74) is 7.61. The molecule has 2 aliphatic heterocycles. The second-order valence-electron chi connectivity index (χ2n) is 16.8. The van der Waals surface area contributed by atoms with Gasteiger partial charge in [0.05, 0.1) is 77.4 Å². The van der Waals surface area contributed by atoms with E-state index in [9.17, 15) is 33.6 Å². The highest BCUT2D eigenvalue weighted by molar-refractivity contribution is 6.62. The van der Waals surface area contributed by atoms with Gasteiger partial charge in [-0.05, 0) is 91.8 Å². The van der Waals surface area contributed by atoms with Crippen molar-refractivity contribution in [3.8, 4) is 11.5 Å². The maximum atomic E-state index is 13.0. The molecule has 0 saturated heterocycles. The van der Waals surface area contributed by atoms with Crippen molar-refractivity contribution in [3.05, 3.63) is 102 Å². The van der Waals surface area contributed by atoms with E-state index in [-0.39, 0.29) is 100 Å². The Morgan fingerprint density at radius 1 is 0.675 bits per heavy atom. The predicted molar refractivity (Wildman–Crippen MR) is 280 cm³/mol. The Labute approximate surface area is 443 Å². The van der Waals surface area contributed by atoms with Crippen LogP contribution in [0, 0.1) is 0 Å². The van der Waals surface area contributed by atoms with Gasteiger partial charge >= 0.3 is 11.7 Å². The number of nitrogens with zero attached hydrogens (tertiary/aromatic N) is 5. The lowest BCUT2D eigenvalue weighted by Gasteiger charge is -2.18. The molecule has 0 saturated carbocycles. The first-order valence-corrected chi connectivity index (χ1v) is 24.8. The van der Waals surface area contributed by atoms with E-state index in [1.165, 1.54) is 37.1 Å². The van der Waals surface area contributed by atoms with Gasteiger partial charge in [0.1, 0.15) is 36.4 Å². The number of hydrogen-bond donors (Lipinski definition) is 8. The van der Waals surface area contributed by atoms with Gasteiger partial charge in [-0.15, -0.1) is 0 Å². The topological polar surface area (TPSA) is 331 Å². The number of anilines is 2. The van der Waals surface area contributed by atoms with Gasteiger partial charge in [-0.25, -0.2) is 9.50 Å². The van der Waals surface area contributed by atoms with Crippen LogP contribution in [0.15, 0.2) is 90.1 Å². The molecular weight excluding hydrogens is 1000 g/mol. The van der Waals surface area contributed by atoms with Crippen molar-refractivity contribution in [2.45, 2.75) is 31.7 Å². The molecule has 4 heterocycles. The third kappa shape index (κ3) is 18.4. The molecule has 0 radical (unpaired) electrons. The van der Waals surface area contributed by atoms with Crippen LogP contribution in [-0.2, 0) is 38.1 Å². The molecule has 6 rings (SSSR count). The Morgan fingerprint density at radius 2 is 1.30 bits per heavy atom. The number of ether oxygens (including phenoxy) is 6. The highest BCUT2D eigenvalue weighted by atomic mass is 16.5. The lowest BCUT2D eigenvalue weighted by molar-refractivity contribution is -0.386. The van der Waals surface area contributed by atoms with Gasteiger partial charge in [0.15, 0.2) is 11.9 Å². The molecule has 7 amide bonds. The molecule has 2 aromatic heterocycles. The smallest absolute Gasteiger partial charge is 0.328 e. The van der Waals surface area contributed by atoms with Gasteiger partial charge in [-0.2, -0.15) is 9.67 Å². The quantitative estimate of drug-likeness (QED) is 0.0231. The number of aromatic nitrogens is 3. The molecule has 4 aromatic rings. The average molecular weight is 1070 g/mol. The number of nitrogens with one attached hydrogen (secondary N) is 7. The van der Waals surface area contributed by atoms with Crippen LogP contribution in [0.2, 0.25) is 0 Å². The zero-order valence-electron chi connectivity index (χ0n) is 42.8. The van der Waals surface area contributed by atoms with Crippen molar-refractivity contribution < 1.29 is 66.6 Å². The number of benzene rings is 2. The minimum Gasteiger partial charge on any atom is -0.496 e. The van der Waals surface area contributed by atoms with Crippen molar-refractivity contribution in [3.63, 3.8) is 0 Å². The monoisotopic (exact) mass is 1070 g/mol. The lowest BCUT2D eigenvalue weighted by atomic mass is 10.1. The second kappa shape index (κ2) is 30.8. The van der Waals surface area contributed by atoms with Crippen molar-refractivity contribution in [1.29, 1.82) is 0 Å². The van der Waals surface area contributed by atoms with Crippen LogP contribution in [-0.4, -0.2) is 178 Å².